The second-order valence-corrected chi connectivity index (χ2v) is 10.2. The van der Waals surface area contributed by atoms with Crippen molar-refractivity contribution in [3.63, 3.8) is 0 Å². The number of pyridine rings is 1. The molecule has 5 rings (SSSR count). The highest BCUT2D eigenvalue weighted by Crippen LogP contribution is 2.51. The van der Waals surface area contributed by atoms with E-state index < -0.39 is 11.4 Å². The zero-order chi connectivity index (χ0) is 26.6. The van der Waals surface area contributed by atoms with Gasteiger partial charge in [-0.15, -0.1) is 0 Å². The lowest BCUT2D eigenvalue weighted by Gasteiger charge is -2.39. The lowest BCUT2D eigenvalue weighted by Crippen LogP contribution is -2.46. The number of carboxylic acid groups (broad SMARTS) is 1. The molecule has 12 heteroatoms. The fraction of sp³-hybridized carbons (Fsp3) is 0.480. The quantitative estimate of drug-likeness (QED) is 0.530. The van der Waals surface area contributed by atoms with Crippen LogP contribution in [0.5, 0.6) is 5.75 Å². The van der Waals surface area contributed by atoms with Crippen LogP contribution >= 0.6 is 0 Å². The van der Waals surface area contributed by atoms with Crippen molar-refractivity contribution in [2.45, 2.75) is 51.0 Å². The van der Waals surface area contributed by atoms with Crippen LogP contribution in [0, 0.1) is 6.92 Å². The highest BCUT2D eigenvalue weighted by Gasteiger charge is 2.49. The first-order chi connectivity index (χ1) is 17.5. The summed E-state index contributed by atoms with van der Waals surface area (Å²) in [6.45, 7) is 4.01. The van der Waals surface area contributed by atoms with Crippen molar-refractivity contribution in [2.75, 3.05) is 32.1 Å². The molecular formula is C25H29N7O5. The molecule has 1 atom stereocenters. The van der Waals surface area contributed by atoms with Crippen LogP contribution in [0.3, 0.4) is 0 Å². The van der Waals surface area contributed by atoms with Crippen LogP contribution in [-0.4, -0.2) is 78.7 Å². The van der Waals surface area contributed by atoms with Crippen molar-refractivity contribution in [1.29, 1.82) is 0 Å². The third-order valence-corrected chi connectivity index (χ3v) is 7.65. The van der Waals surface area contributed by atoms with Gasteiger partial charge in [0, 0.05) is 43.9 Å². The third-order valence-electron chi connectivity index (χ3n) is 7.65. The highest BCUT2D eigenvalue weighted by atomic mass is 16.4. The summed E-state index contributed by atoms with van der Waals surface area (Å²) in [5.74, 6) is -1.21. The average molecular weight is 508 g/mol. The first-order valence-electron chi connectivity index (χ1n) is 12.2. The summed E-state index contributed by atoms with van der Waals surface area (Å²) >= 11 is 0. The van der Waals surface area contributed by atoms with E-state index in [1.807, 2.05) is 6.92 Å². The summed E-state index contributed by atoms with van der Waals surface area (Å²) in [5, 5.41) is 20.0. The zero-order valence-corrected chi connectivity index (χ0v) is 21.2. The number of aliphatic carboxylic acids is 1. The molecule has 194 valence electrons. The van der Waals surface area contributed by atoms with Crippen molar-refractivity contribution >= 4 is 28.9 Å². The molecule has 3 aromatic heterocycles. The number of hydrogen-bond acceptors (Lipinski definition) is 9. The number of piperidine rings is 1. The van der Waals surface area contributed by atoms with Crippen LogP contribution in [-0.2, 0) is 16.8 Å². The van der Waals surface area contributed by atoms with Gasteiger partial charge in [0.15, 0.2) is 22.6 Å². The van der Waals surface area contributed by atoms with E-state index in [0.717, 1.165) is 0 Å². The number of aromatic nitrogens is 5. The second-order valence-electron chi connectivity index (χ2n) is 10.2. The number of aromatic hydroxyl groups is 1. The molecule has 0 aromatic carbocycles. The number of rotatable bonds is 4. The summed E-state index contributed by atoms with van der Waals surface area (Å²) < 4.78 is 1.62. The Kier molecular flexibility index (Phi) is 5.84. The van der Waals surface area contributed by atoms with E-state index in [1.54, 1.807) is 35.4 Å². The van der Waals surface area contributed by atoms with E-state index >= 15 is 0 Å². The standard InChI is InChI=1S/C25H29N7O5/c1-13-9-25(5-7-31(8-6-25)24(37)19-21(35)14(2)27-12-28-19)17-20(13)32(11-16(33)34)23-18(22(17)36)29-15(10-26-23)30(3)4/h10,12-13,35H,5-9,11H2,1-4H3,(H,33,34). The number of carbonyl (C=O) groups excluding carboxylic acids is 1. The summed E-state index contributed by atoms with van der Waals surface area (Å²) in [6.07, 6.45) is 4.50. The number of carbonyl (C=O) groups is 2. The molecule has 2 N–H and O–H groups in total. The Hall–Kier alpha value is -4.09. The minimum Gasteiger partial charge on any atom is -0.504 e. The van der Waals surface area contributed by atoms with E-state index in [9.17, 15) is 24.6 Å². The largest absolute Gasteiger partial charge is 0.504 e. The molecule has 1 saturated heterocycles. The smallest absolute Gasteiger partial charge is 0.323 e. The van der Waals surface area contributed by atoms with Gasteiger partial charge in [-0.2, -0.15) is 0 Å². The Labute approximate surface area is 212 Å². The topological polar surface area (TPSA) is 155 Å². The Morgan fingerprint density at radius 2 is 1.89 bits per heavy atom. The van der Waals surface area contributed by atoms with Gasteiger partial charge in [-0.25, -0.2) is 19.9 Å². The van der Waals surface area contributed by atoms with Crippen molar-refractivity contribution in [3.8, 4) is 5.75 Å². The van der Waals surface area contributed by atoms with Crippen LogP contribution < -0.4 is 10.3 Å². The van der Waals surface area contributed by atoms with Gasteiger partial charge in [-0.3, -0.25) is 14.4 Å². The Morgan fingerprint density at radius 1 is 1.19 bits per heavy atom. The van der Waals surface area contributed by atoms with E-state index in [1.165, 1.54) is 12.5 Å². The fourth-order valence-electron chi connectivity index (χ4n) is 5.89. The van der Waals surface area contributed by atoms with E-state index in [2.05, 4.69) is 19.9 Å². The molecule has 0 radical (unpaired) electrons. The van der Waals surface area contributed by atoms with Crippen LogP contribution in [0.15, 0.2) is 17.3 Å². The van der Waals surface area contributed by atoms with E-state index in [0.29, 0.717) is 55.1 Å². The molecule has 1 spiro atoms. The van der Waals surface area contributed by atoms with Crippen LogP contribution in [0.1, 0.15) is 59.5 Å². The minimum atomic E-state index is -1.03. The van der Waals surface area contributed by atoms with Gasteiger partial charge in [-0.05, 0) is 32.1 Å². The molecule has 1 amide bonds. The Balaban J connectivity index is 1.58. The van der Waals surface area contributed by atoms with Gasteiger partial charge in [0.05, 0.1) is 11.9 Å². The number of fused-ring (bicyclic) bond motifs is 3. The van der Waals surface area contributed by atoms with Gasteiger partial charge in [0.2, 0.25) is 5.43 Å². The number of anilines is 1. The lowest BCUT2D eigenvalue weighted by atomic mass is 9.73. The lowest BCUT2D eigenvalue weighted by molar-refractivity contribution is -0.137. The average Bonchev–Trinajstić information content (AvgIpc) is 3.14. The molecule has 37 heavy (non-hydrogen) atoms. The number of hydrogen-bond donors (Lipinski definition) is 2. The predicted molar refractivity (Wildman–Crippen MR) is 134 cm³/mol. The van der Waals surface area contributed by atoms with Crippen LogP contribution in [0.2, 0.25) is 0 Å². The van der Waals surface area contributed by atoms with Gasteiger partial charge >= 0.3 is 5.97 Å². The molecule has 12 nitrogen and oxygen atoms in total. The molecular weight excluding hydrogens is 478 g/mol. The number of amides is 1. The number of aryl methyl sites for hydroxylation is 1. The first kappa shape index (κ1) is 24.6. The normalized spacial score (nSPS) is 18.3. The maximum Gasteiger partial charge on any atom is 0.323 e. The van der Waals surface area contributed by atoms with Crippen molar-refractivity contribution in [1.82, 2.24) is 29.4 Å². The third kappa shape index (κ3) is 3.87. The minimum absolute atomic E-state index is 0.0371. The number of likely N-dealkylation sites (tertiary alicyclic amines) is 1. The maximum absolute atomic E-state index is 14.0. The monoisotopic (exact) mass is 507 g/mol. The highest BCUT2D eigenvalue weighted by molar-refractivity contribution is 5.95. The van der Waals surface area contributed by atoms with E-state index in [-0.39, 0.29) is 46.4 Å². The number of nitrogens with zero attached hydrogens (tertiary/aromatic N) is 7. The number of carboxylic acids is 1. The summed E-state index contributed by atoms with van der Waals surface area (Å²) in [7, 11) is 3.60. The van der Waals surface area contributed by atoms with Crippen LogP contribution in [0.4, 0.5) is 5.82 Å². The molecule has 0 bridgehead atoms. The molecule has 2 aliphatic rings. The molecule has 3 aromatic rings. The first-order valence-corrected chi connectivity index (χ1v) is 12.2. The zero-order valence-electron chi connectivity index (χ0n) is 21.2. The Morgan fingerprint density at radius 3 is 2.54 bits per heavy atom. The molecule has 1 unspecified atom stereocenters. The SMILES string of the molecule is Cc1ncnc(C(=O)N2CCC3(CC2)CC(C)c2c3c(=O)c3nc(N(C)C)cnc3n2CC(=O)O)c1O. The molecule has 0 saturated carbocycles. The molecule has 1 aliphatic carbocycles. The molecule has 4 heterocycles. The molecule has 1 aliphatic heterocycles. The van der Waals surface area contributed by atoms with Crippen molar-refractivity contribution in [2.24, 2.45) is 0 Å². The van der Waals surface area contributed by atoms with Crippen molar-refractivity contribution < 1.29 is 19.8 Å². The maximum atomic E-state index is 14.0. The van der Waals surface area contributed by atoms with E-state index in [4.69, 9.17) is 0 Å². The van der Waals surface area contributed by atoms with Gasteiger partial charge in [0.25, 0.3) is 5.91 Å². The fourth-order valence-corrected chi connectivity index (χ4v) is 5.89. The summed E-state index contributed by atoms with van der Waals surface area (Å²) in [5.41, 5.74) is 1.25. The molecule has 1 fully saturated rings. The summed E-state index contributed by atoms with van der Waals surface area (Å²) in [4.78, 5) is 59.2. The van der Waals surface area contributed by atoms with Gasteiger partial charge in [-0.1, -0.05) is 6.92 Å². The van der Waals surface area contributed by atoms with Gasteiger partial charge in [0.1, 0.15) is 18.7 Å². The predicted octanol–water partition coefficient (Wildman–Crippen LogP) is 1.43. The summed E-state index contributed by atoms with van der Waals surface area (Å²) in [6, 6.07) is 0. The second kappa shape index (κ2) is 8.79. The Bertz CT molecular complexity index is 1490. The van der Waals surface area contributed by atoms with Crippen LogP contribution in [0.25, 0.3) is 11.2 Å². The van der Waals surface area contributed by atoms with Gasteiger partial charge < -0.3 is 24.6 Å². The van der Waals surface area contributed by atoms with Crippen molar-refractivity contribution in [3.05, 3.63) is 45.4 Å².